The number of hydrogen-bond donors (Lipinski definition) is 3. The van der Waals surface area contributed by atoms with Crippen molar-refractivity contribution in [2.75, 3.05) is 18.4 Å². The molecule has 4 aromatic heterocycles. The van der Waals surface area contributed by atoms with Crippen LogP contribution in [0.5, 0.6) is 0 Å². The van der Waals surface area contributed by atoms with Crippen molar-refractivity contribution in [2.24, 2.45) is 0 Å². The molecule has 4 aromatic rings. The molecule has 0 radical (unpaired) electrons. The Bertz CT molecular complexity index is 1170. The molecule has 1 aliphatic rings. The van der Waals surface area contributed by atoms with E-state index < -0.39 is 23.8 Å². The average Bonchev–Trinajstić information content (AvgIpc) is 3.45. The summed E-state index contributed by atoms with van der Waals surface area (Å²) in [5, 5.41) is 15.9. The number of aromatic nitrogens is 6. The van der Waals surface area contributed by atoms with Gasteiger partial charge in [-0.05, 0) is 12.1 Å². The summed E-state index contributed by atoms with van der Waals surface area (Å²) in [5.41, 5.74) is 2.21. The molecule has 0 bridgehead atoms. The molecule has 0 saturated carbocycles. The fourth-order valence-electron chi connectivity index (χ4n) is 3.37. The smallest absolute Gasteiger partial charge is 0.168 e. The number of nitrogens with one attached hydrogen (secondary N) is 3. The van der Waals surface area contributed by atoms with Crippen LogP contribution in [-0.2, 0) is 0 Å². The topological polar surface area (TPSA) is 95.8 Å². The average molecular weight is 400 g/mol. The van der Waals surface area contributed by atoms with Gasteiger partial charge in [0.1, 0.15) is 23.2 Å². The number of alkyl halides is 1. The molecule has 148 valence electrons. The highest BCUT2D eigenvalue weighted by molar-refractivity contribution is 5.68. The van der Waals surface area contributed by atoms with E-state index in [0.29, 0.717) is 23.6 Å². The van der Waals surface area contributed by atoms with Gasteiger partial charge >= 0.3 is 0 Å². The van der Waals surface area contributed by atoms with Crippen molar-refractivity contribution in [2.45, 2.75) is 12.2 Å². The fraction of sp³-hybridized carbons (Fsp3) is 0.222. The summed E-state index contributed by atoms with van der Waals surface area (Å²) in [6, 6.07) is 3.64. The first kappa shape index (κ1) is 17.6. The molecule has 29 heavy (non-hydrogen) atoms. The maximum absolute atomic E-state index is 14.5. The van der Waals surface area contributed by atoms with Crippen molar-refractivity contribution in [1.29, 1.82) is 0 Å². The number of hydrogen-bond acceptors (Lipinski definition) is 6. The quantitative estimate of drug-likeness (QED) is 0.486. The number of imidazole rings is 1. The molecule has 0 amide bonds. The van der Waals surface area contributed by atoms with E-state index in [1.165, 1.54) is 6.20 Å². The minimum atomic E-state index is -1.18. The molecule has 2 atom stereocenters. The van der Waals surface area contributed by atoms with Crippen LogP contribution < -0.4 is 10.6 Å². The Morgan fingerprint density at radius 2 is 2.03 bits per heavy atom. The molecule has 0 aromatic carbocycles. The normalized spacial score (nSPS) is 19.1. The van der Waals surface area contributed by atoms with Crippen molar-refractivity contribution >= 4 is 11.5 Å². The Hall–Kier alpha value is -3.47. The number of fused-ring (bicyclic) bond motifs is 1. The first-order chi connectivity index (χ1) is 14.1. The largest absolute Gasteiger partial charge is 0.361 e. The standard InChI is InChI=1S/C18H15F3N8/c19-10-4-11(20)18(25-14-6-22-5-12(14)21)26-17(10)15-8-23-16-3-9(1-2-29(15)16)13-7-24-28-27-13/h1-4,7-8,12,14,22H,5-6H2,(H,25,26)(H,24,27,28)/t12-,14-/m0/s1. The molecule has 1 aliphatic heterocycles. The van der Waals surface area contributed by atoms with Crippen LogP contribution in [-0.4, -0.2) is 55.1 Å². The summed E-state index contributed by atoms with van der Waals surface area (Å²) >= 11 is 0. The predicted octanol–water partition coefficient (Wildman–Crippen LogP) is 2.18. The van der Waals surface area contributed by atoms with E-state index in [2.05, 4.69) is 36.0 Å². The van der Waals surface area contributed by atoms with E-state index in [0.717, 1.165) is 11.6 Å². The van der Waals surface area contributed by atoms with E-state index >= 15 is 0 Å². The maximum Gasteiger partial charge on any atom is 0.168 e. The van der Waals surface area contributed by atoms with Crippen molar-refractivity contribution in [3.8, 4) is 22.6 Å². The molecule has 8 nitrogen and oxygen atoms in total. The lowest BCUT2D eigenvalue weighted by molar-refractivity contribution is 0.341. The van der Waals surface area contributed by atoms with Crippen LogP contribution in [0, 0.1) is 11.6 Å². The first-order valence-electron chi connectivity index (χ1n) is 8.91. The van der Waals surface area contributed by atoms with Crippen molar-refractivity contribution in [3.05, 3.63) is 48.4 Å². The lowest BCUT2D eigenvalue weighted by Crippen LogP contribution is -2.30. The Balaban J connectivity index is 1.54. The van der Waals surface area contributed by atoms with E-state index in [1.807, 2.05) is 0 Å². The molecule has 3 N–H and O–H groups in total. The second-order valence-corrected chi connectivity index (χ2v) is 6.72. The second-order valence-electron chi connectivity index (χ2n) is 6.72. The van der Waals surface area contributed by atoms with Crippen LogP contribution in [0.4, 0.5) is 19.0 Å². The highest BCUT2D eigenvalue weighted by atomic mass is 19.1. The third-order valence-corrected chi connectivity index (χ3v) is 4.86. The monoisotopic (exact) mass is 400 g/mol. The lowest BCUT2D eigenvalue weighted by Gasteiger charge is -2.16. The highest BCUT2D eigenvalue weighted by Crippen LogP contribution is 2.28. The van der Waals surface area contributed by atoms with Gasteiger partial charge in [-0.25, -0.2) is 23.1 Å². The van der Waals surface area contributed by atoms with Gasteiger partial charge in [-0.2, -0.15) is 15.4 Å². The van der Waals surface area contributed by atoms with Crippen LogP contribution in [0.2, 0.25) is 0 Å². The zero-order chi connectivity index (χ0) is 20.0. The molecular formula is C18H15F3N8. The van der Waals surface area contributed by atoms with Gasteiger partial charge in [-0.1, -0.05) is 0 Å². The molecule has 1 saturated heterocycles. The highest BCUT2D eigenvalue weighted by Gasteiger charge is 2.28. The van der Waals surface area contributed by atoms with Crippen LogP contribution in [0.3, 0.4) is 0 Å². The summed E-state index contributed by atoms with van der Waals surface area (Å²) in [4.78, 5) is 8.38. The number of rotatable bonds is 4. The van der Waals surface area contributed by atoms with Crippen molar-refractivity contribution < 1.29 is 13.2 Å². The van der Waals surface area contributed by atoms with Crippen LogP contribution in [0.25, 0.3) is 28.3 Å². The van der Waals surface area contributed by atoms with Crippen LogP contribution in [0.1, 0.15) is 0 Å². The zero-order valence-corrected chi connectivity index (χ0v) is 14.9. The Morgan fingerprint density at radius 3 is 2.79 bits per heavy atom. The van der Waals surface area contributed by atoms with E-state index in [9.17, 15) is 13.2 Å². The summed E-state index contributed by atoms with van der Waals surface area (Å²) in [6.45, 7) is 0.504. The predicted molar refractivity (Wildman–Crippen MR) is 98.9 cm³/mol. The molecule has 5 rings (SSSR count). The van der Waals surface area contributed by atoms with Gasteiger partial charge < -0.3 is 10.6 Å². The Kier molecular flexibility index (Phi) is 4.16. The number of H-pyrrole nitrogens is 1. The van der Waals surface area contributed by atoms with Gasteiger partial charge in [0, 0.05) is 30.9 Å². The van der Waals surface area contributed by atoms with Gasteiger partial charge in [0.25, 0.3) is 0 Å². The third-order valence-electron chi connectivity index (χ3n) is 4.86. The molecule has 0 aliphatic carbocycles. The number of halogens is 3. The van der Waals surface area contributed by atoms with Gasteiger partial charge in [-0.15, -0.1) is 0 Å². The van der Waals surface area contributed by atoms with Gasteiger partial charge in [0.2, 0.25) is 0 Å². The minimum absolute atomic E-state index is 0.0862. The summed E-state index contributed by atoms with van der Waals surface area (Å²) in [5.74, 6) is -1.92. The second kappa shape index (κ2) is 6.85. The Labute approximate surface area is 162 Å². The molecule has 0 spiro atoms. The van der Waals surface area contributed by atoms with E-state index in [-0.39, 0.29) is 18.1 Å². The lowest BCUT2D eigenvalue weighted by atomic mass is 10.2. The fourth-order valence-corrected chi connectivity index (χ4v) is 3.37. The van der Waals surface area contributed by atoms with Gasteiger partial charge in [0.05, 0.1) is 24.1 Å². The molecule has 5 heterocycles. The number of aromatic amines is 1. The Morgan fingerprint density at radius 1 is 1.14 bits per heavy atom. The molecule has 11 heteroatoms. The summed E-state index contributed by atoms with van der Waals surface area (Å²) in [6.07, 6.45) is 3.53. The number of anilines is 1. The van der Waals surface area contributed by atoms with Gasteiger partial charge in [0.15, 0.2) is 17.5 Å². The zero-order valence-electron chi connectivity index (χ0n) is 14.9. The number of pyridine rings is 2. The van der Waals surface area contributed by atoms with Crippen LogP contribution in [0.15, 0.2) is 36.8 Å². The SMILES string of the molecule is Fc1cc(F)c(-c2cnc3cc(-c4cn[nH]n4)ccn23)nc1N[C@H]1CNC[C@@H]1F. The van der Waals surface area contributed by atoms with E-state index in [1.54, 1.807) is 28.9 Å². The molecular weight excluding hydrogens is 385 g/mol. The molecule has 0 unspecified atom stereocenters. The first-order valence-corrected chi connectivity index (χ1v) is 8.91. The van der Waals surface area contributed by atoms with Crippen molar-refractivity contribution in [1.82, 2.24) is 35.1 Å². The van der Waals surface area contributed by atoms with Gasteiger partial charge in [-0.3, -0.25) is 4.40 Å². The van der Waals surface area contributed by atoms with E-state index in [4.69, 9.17) is 0 Å². The maximum atomic E-state index is 14.5. The van der Waals surface area contributed by atoms with Crippen LogP contribution >= 0.6 is 0 Å². The number of nitrogens with zero attached hydrogens (tertiary/aromatic N) is 5. The third kappa shape index (κ3) is 3.09. The minimum Gasteiger partial charge on any atom is -0.361 e. The van der Waals surface area contributed by atoms with Crippen molar-refractivity contribution in [3.63, 3.8) is 0 Å². The molecule has 1 fully saturated rings. The summed E-state index contributed by atoms with van der Waals surface area (Å²) in [7, 11) is 0. The summed E-state index contributed by atoms with van der Waals surface area (Å²) < 4.78 is 44.2.